The number of ether oxygens (including phenoxy) is 1. The van der Waals surface area contributed by atoms with Crippen molar-refractivity contribution in [3.63, 3.8) is 0 Å². The minimum Gasteiger partial charge on any atom is -0.476 e. The third kappa shape index (κ3) is 3.33. The summed E-state index contributed by atoms with van der Waals surface area (Å²) in [5.41, 5.74) is 7.35. The van der Waals surface area contributed by atoms with E-state index in [0.717, 1.165) is 10.6 Å². The van der Waals surface area contributed by atoms with Gasteiger partial charge in [0.15, 0.2) is 0 Å². The topological polar surface area (TPSA) is 60.2 Å². The van der Waals surface area contributed by atoms with Crippen LogP contribution in [0.5, 0.6) is 5.88 Å². The van der Waals surface area contributed by atoms with Crippen LogP contribution in [0.1, 0.15) is 25.5 Å². The number of hydrogen-bond donors (Lipinski definition) is 2. The lowest BCUT2D eigenvalue weighted by Crippen LogP contribution is -2.09. The number of hydrogen-bond acceptors (Lipinski definition) is 4. The Kier molecular flexibility index (Phi) is 4.69. The molecule has 0 spiro atoms. The van der Waals surface area contributed by atoms with Crippen molar-refractivity contribution in [1.82, 2.24) is 4.98 Å². The van der Waals surface area contributed by atoms with Crippen LogP contribution in [0.3, 0.4) is 0 Å². The van der Waals surface area contributed by atoms with Crippen LogP contribution in [-0.2, 0) is 0 Å². The minimum atomic E-state index is 0.0364. The largest absolute Gasteiger partial charge is 0.476 e. The van der Waals surface area contributed by atoms with E-state index >= 15 is 0 Å². The summed E-state index contributed by atoms with van der Waals surface area (Å²) in [6.07, 6.45) is 0. The number of halogens is 1. The zero-order chi connectivity index (χ0) is 14.5. The molecule has 2 aromatic rings. The SMILES string of the molecule is CCOc1nc(NC(C)c2ccccc2Cl)ccc1N. The molecule has 2 rings (SSSR count). The molecule has 0 bridgehead atoms. The highest BCUT2D eigenvalue weighted by Gasteiger charge is 2.11. The van der Waals surface area contributed by atoms with Crippen LogP contribution in [0.25, 0.3) is 0 Å². The van der Waals surface area contributed by atoms with Crippen molar-refractivity contribution in [1.29, 1.82) is 0 Å². The highest BCUT2D eigenvalue weighted by atomic mass is 35.5. The maximum Gasteiger partial charge on any atom is 0.239 e. The number of anilines is 2. The number of pyridine rings is 1. The van der Waals surface area contributed by atoms with Crippen molar-refractivity contribution >= 4 is 23.1 Å². The smallest absolute Gasteiger partial charge is 0.239 e. The van der Waals surface area contributed by atoms with E-state index in [1.54, 1.807) is 6.07 Å². The molecule has 0 aliphatic carbocycles. The number of nitrogens with zero attached hydrogens (tertiary/aromatic N) is 1. The van der Waals surface area contributed by atoms with Gasteiger partial charge in [-0.25, -0.2) is 0 Å². The van der Waals surface area contributed by atoms with E-state index in [0.29, 0.717) is 24.0 Å². The number of nitrogens with one attached hydrogen (secondary N) is 1. The first-order chi connectivity index (χ1) is 9.61. The van der Waals surface area contributed by atoms with Crippen LogP contribution in [0.15, 0.2) is 36.4 Å². The molecular formula is C15H18ClN3O. The van der Waals surface area contributed by atoms with E-state index in [1.807, 2.05) is 44.2 Å². The van der Waals surface area contributed by atoms with Gasteiger partial charge in [0.2, 0.25) is 5.88 Å². The van der Waals surface area contributed by atoms with Gasteiger partial charge in [-0.1, -0.05) is 29.8 Å². The van der Waals surface area contributed by atoms with Gasteiger partial charge in [0.1, 0.15) is 5.82 Å². The van der Waals surface area contributed by atoms with Crippen LogP contribution in [0.4, 0.5) is 11.5 Å². The van der Waals surface area contributed by atoms with Gasteiger partial charge in [-0.3, -0.25) is 0 Å². The molecule has 1 atom stereocenters. The molecule has 0 fully saturated rings. The van der Waals surface area contributed by atoms with E-state index in [2.05, 4.69) is 10.3 Å². The first kappa shape index (κ1) is 14.5. The fourth-order valence-corrected chi connectivity index (χ4v) is 2.21. The lowest BCUT2D eigenvalue weighted by molar-refractivity contribution is 0.329. The monoisotopic (exact) mass is 291 g/mol. The zero-order valence-corrected chi connectivity index (χ0v) is 12.3. The van der Waals surface area contributed by atoms with E-state index in [-0.39, 0.29) is 6.04 Å². The number of nitrogens with two attached hydrogens (primary N) is 1. The van der Waals surface area contributed by atoms with E-state index < -0.39 is 0 Å². The molecule has 1 heterocycles. The highest BCUT2D eigenvalue weighted by molar-refractivity contribution is 6.31. The Morgan fingerprint density at radius 2 is 2.05 bits per heavy atom. The van der Waals surface area contributed by atoms with Gasteiger partial charge in [0.05, 0.1) is 18.3 Å². The van der Waals surface area contributed by atoms with Gasteiger partial charge in [-0.2, -0.15) is 4.98 Å². The standard InChI is InChI=1S/C15H18ClN3O/c1-3-20-15-13(17)8-9-14(19-15)18-10(2)11-6-4-5-7-12(11)16/h4-10H,3,17H2,1-2H3,(H,18,19). The zero-order valence-electron chi connectivity index (χ0n) is 11.6. The van der Waals surface area contributed by atoms with E-state index in [1.165, 1.54) is 0 Å². The molecule has 0 saturated heterocycles. The summed E-state index contributed by atoms with van der Waals surface area (Å²) in [6.45, 7) is 4.45. The summed E-state index contributed by atoms with van der Waals surface area (Å²) in [5, 5.41) is 4.02. The van der Waals surface area contributed by atoms with Crippen LogP contribution < -0.4 is 15.8 Å². The molecule has 0 aliphatic heterocycles. The van der Waals surface area contributed by atoms with Crippen molar-refractivity contribution in [3.8, 4) is 5.88 Å². The van der Waals surface area contributed by atoms with Crippen molar-refractivity contribution in [2.24, 2.45) is 0 Å². The average molecular weight is 292 g/mol. The Morgan fingerprint density at radius 3 is 2.75 bits per heavy atom. The first-order valence-corrected chi connectivity index (χ1v) is 6.90. The van der Waals surface area contributed by atoms with E-state index in [9.17, 15) is 0 Å². The number of aromatic nitrogens is 1. The third-order valence-corrected chi connectivity index (χ3v) is 3.25. The Hall–Kier alpha value is -1.94. The predicted octanol–water partition coefficient (Wildman–Crippen LogP) is 3.89. The highest BCUT2D eigenvalue weighted by Crippen LogP contribution is 2.27. The lowest BCUT2D eigenvalue weighted by atomic mass is 10.1. The van der Waals surface area contributed by atoms with Crippen molar-refractivity contribution in [2.75, 3.05) is 17.7 Å². The van der Waals surface area contributed by atoms with Gasteiger partial charge < -0.3 is 15.8 Å². The Balaban J connectivity index is 2.17. The first-order valence-electron chi connectivity index (χ1n) is 6.52. The molecule has 5 heteroatoms. The molecule has 1 aromatic carbocycles. The second-order valence-electron chi connectivity index (χ2n) is 4.41. The van der Waals surface area contributed by atoms with E-state index in [4.69, 9.17) is 22.1 Å². The summed E-state index contributed by atoms with van der Waals surface area (Å²) in [4.78, 5) is 4.36. The molecule has 4 nitrogen and oxygen atoms in total. The van der Waals surface area contributed by atoms with Gasteiger partial charge in [0, 0.05) is 5.02 Å². The maximum atomic E-state index is 6.19. The molecule has 106 valence electrons. The van der Waals surface area contributed by atoms with Crippen LogP contribution in [0.2, 0.25) is 5.02 Å². The molecule has 0 radical (unpaired) electrons. The van der Waals surface area contributed by atoms with Gasteiger partial charge in [-0.05, 0) is 37.6 Å². The average Bonchev–Trinajstić information content (AvgIpc) is 2.43. The van der Waals surface area contributed by atoms with Crippen LogP contribution in [0, 0.1) is 0 Å². The van der Waals surface area contributed by atoms with Gasteiger partial charge in [-0.15, -0.1) is 0 Å². The van der Waals surface area contributed by atoms with Gasteiger partial charge in [0.25, 0.3) is 0 Å². The molecule has 0 aliphatic rings. The number of rotatable bonds is 5. The number of benzene rings is 1. The number of nitrogen functional groups attached to an aromatic ring is 1. The molecule has 1 aromatic heterocycles. The Labute approximate surface area is 123 Å². The third-order valence-electron chi connectivity index (χ3n) is 2.91. The quantitative estimate of drug-likeness (QED) is 0.877. The predicted molar refractivity (Wildman–Crippen MR) is 83.3 cm³/mol. The van der Waals surface area contributed by atoms with Crippen molar-refractivity contribution < 1.29 is 4.74 Å². The second-order valence-corrected chi connectivity index (χ2v) is 4.82. The summed E-state index contributed by atoms with van der Waals surface area (Å²) in [5.74, 6) is 1.15. The Bertz CT molecular complexity index is 589. The molecular weight excluding hydrogens is 274 g/mol. The second kappa shape index (κ2) is 6.48. The molecule has 0 amide bonds. The summed E-state index contributed by atoms with van der Waals surface area (Å²) < 4.78 is 5.39. The van der Waals surface area contributed by atoms with Crippen molar-refractivity contribution in [3.05, 3.63) is 47.0 Å². The minimum absolute atomic E-state index is 0.0364. The van der Waals surface area contributed by atoms with Crippen LogP contribution in [-0.4, -0.2) is 11.6 Å². The molecule has 0 saturated carbocycles. The molecule has 3 N–H and O–H groups in total. The summed E-state index contributed by atoms with van der Waals surface area (Å²) in [7, 11) is 0. The fourth-order valence-electron chi connectivity index (χ4n) is 1.91. The fraction of sp³-hybridized carbons (Fsp3) is 0.267. The normalized spacial score (nSPS) is 11.9. The summed E-state index contributed by atoms with van der Waals surface area (Å²) in [6, 6.07) is 11.4. The molecule has 20 heavy (non-hydrogen) atoms. The maximum absolute atomic E-state index is 6.19. The van der Waals surface area contributed by atoms with Gasteiger partial charge >= 0.3 is 0 Å². The van der Waals surface area contributed by atoms with Crippen molar-refractivity contribution in [2.45, 2.75) is 19.9 Å². The summed E-state index contributed by atoms with van der Waals surface area (Å²) >= 11 is 6.19. The molecule has 1 unspecified atom stereocenters. The Morgan fingerprint density at radius 1 is 1.30 bits per heavy atom. The van der Waals surface area contributed by atoms with Crippen LogP contribution >= 0.6 is 11.6 Å². The lowest BCUT2D eigenvalue weighted by Gasteiger charge is -2.17.